The van der Waals surface area contributed by atoms with Crippen molar-refractivity contribution in [2.75, 3.05) is 14.2 Å². The first-order valence-corrected chi connectivity index (χ1v) is 6.68. The molecule has 0 atom stereocenters. The summed E-state index contributed by atoms with van der Waals surface area (Å²) >= 11 is 2.97. The first kappa shape index (κ1) is 15.4. The van der Waals surface area contributed by atoms with Gasteiger partial charge in [-0.2, -0.15) is 0 Å². The molecule has 0 spiro atoms. The van der Waals surface area contributed by atoms with Crippen LogP contribution < -0.4 is 9.47 Å². The Hall–Kier alpha value is -1.95. The van der Waals surface area contributed by atoms with E-state index in [1.54, 1.807) is 0 Å². The van der Waals surface area contributed by atoms with E-state index in [4.69, 9.17) is 9.47 Å². The fourth-order valence-corrected chi connectivity index (χ4v) is 2.28. The molecule has 0 saturated heterocycles. The van der Waals surface area contributed by atoms with Crippen LogP contribution in [0, 0.1) is 11.6 Å². The Morgan fingerprint density at radius 3 is 2.10 bits per heavy atom. The van der Waals surface area contributed by atoms with Gasteiger partial charge >= 0.3 is 0 Å². The molecule has 2 aromatic carbocycles. The summed E-state index contributed by atoms with van der Waals surface area (Å²) in [7, 11) is 2.86. The normalized spacial score (nSPS) is 10.3. The zero-order chi connectivity index (χ0) is 15.6. The molecule has 0 aliphatic rings. The third kappa shape index (κ3) is 3.05. The van der Waals surface area contributed by atoms with Crippen LogP contribution in [0.25, 0.3) is 0 Å². The summed E-state index contributed by atoms with van der Waals surface area (Å²) in [6.07, 6.45) is 0. The number of halogens is 3. The van der Waals surface area contributed by atoms with E-state index < -0.39 is 23.0 Å². The molecule has 2 aromatic rings. The summed E-state index contributed by atoms with van der Waals surface area (Å²) in [5.74, 6) is -1.89. The highest BCUT2D eigenvalue weighted by atomic mass is 79.9. The van der Waals surface area contributed by atoms with Crippen LogP contribution in [0.3, 0.4) is 0 Å². The zero-order valence-electron chi connectivity index (χ0n) is 11.2. The van der Waals surface area contributed by atoms with Crippen molar-refractivity contribution in [3.63, 3.8) is 0 Å². The van der Waals surface area contributed by atoms with Gasteiger partial charge in [0.2, 0.25) is 0 Å². The maximum absolute atomic E-state index is 13.8. The molecule has 0 unspecified atom stereocenters. The van der Waals surface area contributed by atoms with E-state index >= 15 is 0 Å². The topological polar surface area (TPSA) is 35.5 Å². The second kappa shape index (κ2) is 6.22. The van der Waals surface area contributed by atoms with Crippen molar-refractivity contribution in [1.82, 2.24) is 0 Å². The van der Waals surface area contributed by atoms with E-state index in [9.17, 15) is 13.6 Å². The third-order valence-corrected chi connectivity index (χ3v) is 3.34. The summed E-state index contributed by atoms with van der Waals surface area (Å²) in [4.78, 5) is 12.3. The average molecular weight is 357 g/mol. The summed E-state index contributed by atoms with van der Waals surface area (Å²) in [5, 5.41) is 0. The van der Waals surface area contributed by atoms with E-state index in [0.717, 1.165) is 12.1 Å². The molecule has 0 N–H and O–H groups in total. The average Bonchev–Trinajstić information content (AvgIpc) is 2.45. The van der Waals surface area contributed by atoms with E-state index in [-0.39, 0.29) is 10.0 Å². The van der Waals surface area contributed by atoms with Gasteiger partial charge in [0.1, 0.15) is 11.6 Å². The number of carbonyl (C=O) groups excluding carboxylic acids is 1. The van der Waals surface area contributed by atoms with Crippen LogP contribution in [0.4, 0.5) is 8.78 Å². The summed E-state index contributed by atoms with van der Waals surface area (Å²) in [6, 6.07) is 6.38. The molecule has 0 fully saturated rings. The number of hydrogen-bond donors (Lipinski definition) is 0. The van der Waals surface area contributed by atoms with Gasteiger partial charge in [-0.1, -0.05) is 15.9 Å². The number of hydrogen-bond acceptors (Lipinski definition) is 3. The highest BCUT2D eigenvalue weighted by Crippen LogP contribution is 2.29. The molecule has 0 radical (unpaired) electrons. The molecular weight excluding hydrogens is 346 g/mol. The van der Waals surface area contributed by atoms with Crippen molar-refractivity contribution in [2.45, 2.75) is 0 Å². The molecule has 6 heteroatoms. The lowest BCUT2D eigenvalue weighted by atomic mass is 10.0. The minimum Gasteiger partial charge on any atom is -0.493 e. The molecule has 0 aliphatic carbocycles. The third-order valence-electron chi connectivity index (χ3n) is 2.88. The highest BCUT2D eigenvalue weighted by Gasteiger charge is 2.21. The van der Waals surface area contributed by atoms with Crippen molar-refractivity contribution in [3.05, 3.63) is 57.6 Å². The molecule has 0 heterocycles. The van der Waals surface area contributed by atoms with Gasteiger partial charge in [0.15, 0.2) is 17.3 Å². The number of ether oxygens (including phenoxy) is 2. The minimum atomic E-state index is -0.929. The Morgan fingerprint density at radius 2 is 1.57 bits per heavy atom. The fourth-order valence-electron chi connectivity index (χ4n) is 1.88. The molecule has 110 valence electrons. The molecule has 0 aromatic heterocycles. The van der Waals surface area contributed by atoms with Crippen LogP contribution in [0.15, 0.2) is 34.8 Å². The van der Waals surface area contributed by atoms with E-state index in [0.29, 0.717) is 11.5 Å². The van der Waals surface area contributed by atoms with Crippen molar-refractivity contribution in [3.8, 4) is 11.5 Å². The Bertz CT molecular complexity index is 678. The lowest BCUT2D eigenvalue weighted by Gasteiger charge is -2.10. The van der Waals surface area contributed by atoms with Crippen molar-refractivity contribution >= 4 is 21.7 Å². The van der Waals surface area contributed by atoms with Crippen molar-refractivity contribution in [2.24, 2.45) is 0 Å². The predicted molar refractivity (Wildman–Crippen MR) is 77.0 cm³/mol. The zero-order valence-corrected chi connectivity index (χ0v) is 12.8. The minimum absolute atomic E-state index is 0.104. The van der Waals surface area contributed by atoms with Crippen LogP contribution in [0.2, 0.25) is 0 Å². The lowest BCUT2D eigenvalue weighted by Crippen LogP contribution is -2.08. The molecule has 0 saturated carbocycles. The first-order chi connectivity index (χ1) is 9.97. The quantitative estimate of drug-likeness (QED) is 0.777. The molecule has 0 amide bonds. The van der Waals surface area contributed by atoms with Crippen LogP contribution >= 0.6 is 15.9 Å². The summed E-state index contributed by atoms with van der Waals surface area (Å²) in [6.45, 7) is 0. The molecular formula is C15H11BrF2O3. The fraction of sp³-hybridized carbons (Fsp3) is 0.133. The van der Waals surface area contributed by atoms with Gasteiger partial charge in [0.05, 0.1) is 19.8 Å². The number of carbonyl (C=O) groups is 1. The van der Waals surface area contributed by atoms with E-state index in [1.165, 1.54) is 32.4 Å². The Balaban J connectivity index is 2.50. The Labute approximate surface area is 128 Å². The van der Waals surface area contributed by atoms with E-state index in [1.807, 2.05) is 0 Å². The second-order valence-electron chi connectivity index (χ2n) is 4.14. The van der Waals surface area contributed by atoms with Gasteiger partial charge < -0.3 is 9.47 Å². The summed E-state index contributed by atoms with van der Waals surface area (Å²) in [5.41, 5.74) is -0.502. The molecule has 0 aliphatic heterocycles. The van der Waals surface area contributed by atoms with Crippen LogP contribution in [-0.2, 0) is 0 Å². The van der Waals surface area contributed by atoms with Gasteiger partial charge in [-0.3, -0.25) is 4.79 Å². The smallest absolute Gasteiger partial charge is 0.199 e. The van der Waals surface area contributed by atoms with Gasteiger partial charge in [0, 0.05) is 10.0 Å². The standard InChI is InChI=1S/C15H11BrF2O3/c1-20-12-4-3-8(5-13(12)21-2)15(19)14-10(17)6-9(16)7-11(14)18/h3-7H,1-2H3. The first-order valence-electron chi connectivity index (χ1n) is 5.89. The monoisotopic (exact) mass is 356 g/mol. The van der Waals surface area contributed by atoms with Crippen molar-refractivity contribution in [1.29, 1.82) is 0 Å². The van der Waals surface area contributed by atoms with Crippen LogP contribution in [0.5, 0.6) is 11.5 Å². The Morgan fingerprint density at radius 1 is 1.00 bits per heavy atom. The number of rotatable bonds is 4. The second-order valence-corrected chi connectivity index (χ2v) is 5.06. The number of ketones is 1. The molecule has 0 bridgehead atoms. The number of methoxy groups -OCH3 is 2. The number of benzene rings is 2. The van der Waals surface area contributed by atoms with Gasteiger partial charge in [-0.25, -0.2) is 8.78 Å². The maximum atomic E-state index is 13.8. The maximum Gasteiger partial charge on any atom is 0.199 e. The van der Waals surface area contributed by atoms with E-state index in [2.05, 4.69) is 15.9 Å². The van der Waals surface area contributed by atoms with Crippen LogP contribution in [0.1, 0.15) is 15.9 Å². The lowest BCUT2D eigenvalue weighted by molar-refractivity contribution is 0.103. The predicted octanol–water partition coefficient (Wildman–Crippen LogP) is 3.98. The Kier molecular flexibility index (Phi) is 4.57. The highest BCUT2D eigenvalue weighted by molar-refractivity contribution is 9.10. The molecule has 2 rings (SSSR count). The largest absolute Gasteiger partial charge is 0.493 e. The summed E-state index contributed by atoms with van der Waals surface area (Å²) < 4.78 is 38.0. The van der Waals surface area contributed by atoms with Gasteiger partial charge in [0.25, 0.3) is 0 Å². The molecule has 3 nitrogen and oxygen atoms in total. The van der Waals surface area contributed by atoms with Gasteiger partial charge in [-0.15, -0.1) is 0 Å². The molecule has 21 heavy (non-hydrogen) atoms. The SMILES string of the molecule is COc1ccc(C(=O)c2c(F)cc(Br)cc2F)cc1OC. The van der Waals surface area contributed by atoms with Gasteiger partial charge in [-0.05, 0) is 30.3 Å². The van der Waals surface area contributed by atoms with Crippen molar-refractivity contribution < 1.29 is 23.0 Å². The van der Waals surface area contributed by atoms with Crippen LogP contribution in [-0.4, -0.2) is 20.0 Å².